The number of nitrogens with zero attached hydrogens (tertiary/aromatic N) is 2. The largest absolute Gasteiger partial charge is 0.435 e. The van der Waals surface area contributed by atoms with Gasteiger partial charge in [0.15, 0.2) is 0 Å². The minimum Gasteiger partial charge on any atom is -0.435 e. The van der Waals surface area contributed by atoms with Crippen LogP contribution >= 0.6 is 11.6 Å². The molecule has 24 heavy (non-hydrogen) atoms. The Hall–Kier alpha value is -2.15. The molecule has 5 nitrogen and oxygen atoms in total. The van der Waals surface area contributed by atoms with E-state index in [-0.39, 0.29) is 17.2 Å². The lowest BCUT2D eigenvalue weighted by Crippen LogP contribution is -2.25. The van der Waals surface area contributed by atoms with Crippen LogP contribution in [0.15, 0.2) is 24.3 Å². The maximum absolute atomic E-state index is 12.2. The zero-order chi connectivity index (χ0) is 17.7. The number of carbonyl (C=O) groups excluding carboxylic acids is 1. The van der Waals surface area contributed by atoms with Crippen molar-refractivity contribution >= 4 is 17.5 Å². The average molecular weight is 358 g/mol. The van der Waals surface area contributed by atoms with Crippen molar-refractivity contribution in [3.63, 3.8) is 0 Å². The smallest absolute Gasteiger partial charge is 0.387 e. The Morgan fingerprint density at radius 1 is 1.42 bits per heavy atom. The van der Waals surface area contributed by atoms with Crippen molar-refractivity contribution in [2.45, 2.75) is 33.4 Å². The fourth-order valence-electron chi connectivity index (χ4n) is 2.24. The third-order valence-corrected chi connectivity index (χ3v) is 3.99. The number of rotatable bonds is 7. The van der Waals surface area contributed by atoms with Crippen LogP contribution in [0.4, 0.5) is 8.78 Å². The first-order valence-electron chi connectivity index (χ1n) is 7.41. The molecule has 1 amide bonds. The van der Waals surface area contributed by atoms with Crippen molar-refractivity contribution in [1.82, 2.24) is 15.1 Å². The van der Waals surface area contributed by atoms with Crippen molar-refractivity contribution in [3.8, 4) is 5.75 Å². The summed E-state index contributed by atoms with van der Waals surface area (Å²) in [5.74, 6) is -0.393. The zero-order valence-electron chi connectivity index (χ0n) is 13.4. The Morgan fingerprint density at radius 2 is 2.17 bits per heavy atom. The average Bonchev–Trinajstić information content (AvgIpc) is 2.78. The van der Waals surface area contributed by atoms with Crippen LogP contribution in [0.5, 0.6) is 5.75 Å². The van der Waals surface area contributed by atoms with Gasteiger partial charge >= 0.3 is 6.61 Å². The molecule has 0 saturated carbocycles. The van der Waals surface area contributed by atoms with E-state index < -0.39 is 6.61 Å². The van der Waals surface area contributed by atoms with Gasteiger partial charge in [-0.2, -0.15) is 13.9 Å². The van der Waals surface area contributed by atoms with Crippen molar-refractivity contribution in [2.24, 2.45) is 0 Å². The number of benzene rings is 1. The van der Waals surface area contributed by atoms with E-state index in [1.807, 2.05) is 13.8 Å². The maximum atomic E-state index is 12.2. The van der Waals surface area contributed by atoms with Gasteiger partial charge in [-0.3, -0.25) is 9.48 Å². The number of aromatic nitrogens is 2. The number of aryl methyl sites for hydroxylation is 2. The lowest BCUT2D eigenvalue weighted by molar-refractivity contribution is -0.0498. The number of ether oxygens (including phenoxy) is 1. The molecule has 0 atom stereocenters. The van der Waals surface area contributed by atoms with Crippen LogP contribution < -0.4 is 10.1 Å². The van der Waals surface area contributed by atoms with Crippen LogP contribution in [0.3, 0.4) is 0 Å². The number of carbonyl (C=O) groups is 1. The van der Waals surface area contributed by atoms with E-state index in [0.29, 0.717) is 24.5 Å². The van der Waals surface area contributed by atoms with Gasteiger partial charge in [0.05, 0.1) is 16.4 Å². The van der Waals surface area contributed by atoms with Crippen molar-refractivity contribution in [2.75, 3.05) is 6.54 Å². The standard InChI is InChI=1S/C16H18ClF2N3O2/c1-10-14(17)11(2)22(21-10)8-4-7-20-15(23)12-5-3-6-13(9-12)24-16(18)19/h3,5-6,9,16H,4,7-8H2,1-2H3,(H,20,23). The number of halogens is 3. The Kier molecular flexibility index (Phi) is 6.14. The lowest BCUT2D eigenvalue weighted by Gasteiger charge is -2.08. The topological polar surface area (TPSA) is 56.2 Å². The number of amides is 1. The molecule has 0 spiro atoms. The van der Waals surface area contributed by atoms with E-state index >= 15 is 0 Å². The van der Waals surface area contributed by atoms with Gasteiger partial charge in [0.25, 0.3) is 5.91 Å². The Morgan fingerprint density at radius 3 is 2.79 bits per heavy atom. The fraction of sp³-hybridized carbons (Fsp3) is 0.375. The minimum absolute atomic E-state index is 0.0464. The molecule has 8 heteroatoms. The minimum atomic E-state index is -2.92. The van der Waals surface area contributed by atoms with Gasteiger partial charge in [-0.05, 0) is 38.5 Å². The highest BCUT2D eigenvalue weighted by Crippen LogP contribution is 2.19. The van der Waals surface area contributed by atoms with E-state index in [1.165, 1.54) is 24.3 Å². The highest BCUT2D eigenvalue weighted by molar-refractivity contribution is 6.31. The molecule has 0 aliphatic rings. The molecular weight excluding hydrogens is 340 g/mol. The Bertz CT molecular complexity index is 719. The molecule has 130 valence electrons. The summed E-state index contributed by atoms with van der Waals surface area (Å²) in [5, 5.41) is 7.69. The second-order valence-electron chi connectivity index (χ2n) is 5.22. The Labute approximate surface area is 143 Å². The summed E-state index contributed by atoms with van der Waals surface area (Å²) in [6.45, 7) is 1.84. The summed E-state index contributed by atoms with van der Waals surface area (Å²) >= 11 is 6.07. The van der Waals surface area contributed by atoms with Crippen molar-refractivity contribution in [3.05, 3.63) is 46.2 Å². The van der Waals surface area contributed by atoms with Gasteiger partial charge < -0.3 is 10.1 Å². The normalized spacial score (nSPS) is 10.9. The van der Waals surface area contributed by atoms with Crippen molar-refractivity contribution < 1.29 is 18.3 Å². The molecule has 0 saturated heterocycles. The van der Waals surface area contributed by atoms with Crippen LogP contribution in [0.25, 0.3) is 0 Å². The predicted octanol–water partition coefficient (Wildman–Crippen LogP) is 3.57. The summed E-state index contributed by atoms with van der Waals surface area (Å²) in [6, 6.07) is 5.68. The van der Waals surface area contributed by atoms with Crippen LogP contribution in [0.1, 0.15) is 28.2 Å². The predicted molar refractivity (Wildman–Crippen MR) is 86.7 cm³/mol. The molecule has 1 aromatic heterocycles. The van der Waals surface area contributed by atoms with Gasteiger partial charge in [-0.15, -0.1) is 0 Å². The molecule has 2 rings (SSSR count). The molecule has 1 N–H and O–H groups in total. The quantitative estimate of drug-likeness (QED) is 0.771. The summed E-state index contributed by atoms with van der Waals surface area (Å²) in [7, 11) is 0. The summed E-state index contributed by atoms with van der Waals surface area (Å²) in [5.41, 5.74) is 1.92. The highest BCUT2D eigenvalue weighted by Gasteiger charge is 2.10. The van der Waals surface area contributed by atoms with Crippen LogP contribution in [-0.4, -0.2) is 28.8 Å². The van der Waals surface area contributed by atoms with E-state index in [9.17, 15) is 13.6 Å². The van der Waals surface area contributed by atoms with Crippen LogP contribution in [-0.2, 0) is 6.54 Å². The number of hydrogen-bond acceptors (Lipinski definition) is 3. The Balaban J connectivity index is 1.84. The maximum Gasteiger partial charge on any atom is 0.387 e. The molecule has 0 unspecified atom stereocenters. The van der Waals surface area contributed by atoms with E-state index in [1.54, 1.807) is 4.68 Å². The van der Waals surface area contributed by atoms with Gasteiger partial charge in [0.2, 0.25) is 0 Å². The molecule has 1 heterocycles. The molecule has 0 radical (unpaired) electrons. The molecule has 2 aromatic rings. The van der Waals surface area contributed by atoms with E-state index in [4.69, 9.17) is 11.6 Å². The monoisotopic (exact) mass is 357 g/mol. The van der Waals surface area contributed by atoms with Gasteiger partial charge in [0.1, 0.15) is 5.75 Å². The van der Waals surface area contributed by atoms with Crippen molar-refractivity contribution in [1.29, 1.82) is 0 Å². The number of alkyl halides is 2. The van der Waals surface area contributed by atoms with Crippen LogP contribution in [0.2, 0.25) is 5.02 Å². The fourth-order valence-corrected chi connectivity index (χ4v) is 2.37. The number of nitrogens with one attached hydrogen (secondary N) is 1. The second-order valence-corrected chi connectivity index (χ2v) is 5.60. The molecule has 0 bridgehead atoms. The molecule has 0 aliphatic heterocycles. The number of hydrogen-bond donors (Lipinski definition) is 1. The SMILES string of the molecule is Cc1nn(CCCNC(=O)c2cccc(OC(F)F)c2)c(C)c1Cl. The lowest BCUT2D eigenvalue weighted by atomic mass is 10.2. The van der Waals surface area contributed by atoms with Gasteiger partial charge in [-0.1, -0.05) is 17.7 Å². The zero-order valence-corrected chi connectivity index (χ0v) is 14.1. The first kappa shape index (κ1) is 18.2. The summed E-state index contributed by atoms with van der Waals surface area (Å²) in [6.07, 6.45) is 0.664. The molecule has 1 aromatic carbocycles. The van der Waals surface area contributed by atoms with Gasteiger partial charge in [0, 0.05) is 18.7 Å². The molecular formula is C16H18ClF2N3O2. The van der Waals surface area contributed by atoms with Crippen LogP contribution in [0, 0.1) is 13.8 Å². The third-order valence-electron chi connectivity index (χ3n) is 3.45. The molecule has 0 fully saturated rings. The summed E-state index contributed by atoms with van der Waals surface area (Å²) < 4.78 is 30.4. The summed E-state index contributed by atoms with van der Waals surface area (Å²) in [4.78, 5) is 12.0. The molecule has 0 aliphatic carbocycles. The van der Waals surface area contributed by atoms with E-state index in [0.717, 1.165) is 11.4 Å². The first-order valence-corrected chi connectivity index (χ1v) is 7.79. The highest BCUT2D eigenvalue weighted by atomic mass is 35.5. The van der Waals surface area contributed by atoms with Gasteiger partial charge in [-0.25, -0.2) is 0 Å². The first-order chi connectivity index (χ1) is 11.4. The van der Waals surface area contributed by atoms with E-state index in [2.05, 4.69) is 15.2 Å². The second kappa shape index (κ2) is 8.10. The third kappa shape index (κ3) is 4.67.